The number of hydrogen-bond donors (Lipinski definition) is 3. The first-order valence-corrected chi connectivity index (χ1v) is 13.9. The van der Waals surface area contributed by atoms with Gasteiger partial charge in [0.15, 0.2) is 0 Å². The topological polar surface area (TPSA) is 94.9 Å². The minimum atomic E-state index is -0.182. The molecule has 210 valence electrons. The van der Waals surface area contributed by atoms with Crippen LogP contribution in [0.3, 0.4) is 0 Å². The molecule has 2 amide bonds. The Bertz CT molecular complexity index is 1490. The Balaban J connectivity index is 1.32. The molecule has 0 aliphatic heterocycles. The first-order chi connectivity index (χ1) is 19.7. The van der Waals surface area contributed by atoms with Gasteiger partial charge in [-0.2, -0.15) is 0 Å². The molecule has 41 heavy (non-hydrogen) atoms. The maximum atomic E-state index is 12.7. The number of benzene rings is 4. The summed E-state index contributed by atoms with van der Waals surface area (Å²) in [6.45, 7) is 8.69. The van der Waals surface area contributed by atoms with Crippen LogP contribution in [0.2, 0.25) is 0 Å². The van der Waals surface area contributed by atoms with Crippen LogP contribution in [0.5, 0.6) is 0 Å². The van der Waals surface area contributed by atoms with Gasteiger partial charge < -0.3 is 10.6 Å². The van der Waals surface area contributed by atoms with Crippen molar-refractivity contribution < 1.29 is 9.59 Å². The van der Waals surface area contributed by atoms with Crippen molar-refractivity contribution in [3.63, 3.8) is 0 Å². The van der Waals surface area contributed by atoms with Crippen LogP contribution >= 0.6 is 0 Å². The summed E-state index contributed by atoms with van der Waals surface area (Å²) >= 11 is 0. The molecular weight excluding hydrogens is 510 g/mol. The van der Waals surface area contributed by atoms with Gasteiger partial charge in [-0.05, 0) is 96.5 Å². The third-order valence-electron chi connectivity index (χ3n) is 6.29. The van der Waals surface area contributed by atoms with Crippen molar-refractivity contribution >= 4 is 34.6 Å². The first kappa shape index (κ1) is 29.2. The van der Waals surface area contributed by atoms with Gasteiger partial charge in [-0.15, -0.1) is 5.11 Å². The molecule has 0 saturated carbocycles. The molecule has 0 fully saturated rings. The smallest absolute Gasteiger partial charge is 0.255 e. The highest BCUT2D eigenvalue weighted by atomic mass is 16.2. The first-order valence-electron chi connectivity index (χ1n) is 13.9. The molecule has 4 aromatic carbocycles. The third-order valence-corrected chi connectivity index (χ3v) is 6.29. The fraction of sp³-hybridized carbons (Fsp3) is 0.235. The van der Waals surface area contributed by atoms with Crippen molar-refractivity contribution in [2.45, 2.75) is 40.5 Å². The Hall–Kier alpha value is -4.78. The SMILES string of the molecule is CC(C)Cc1ccc(C(=O)Nc2cccc(/N=N/Nc3cccc(NC(=O)c4ccc(CC(C)C)cc4)c3)c2)cc1. The monoisotopic (exact) mass is 547 g/mol. The van der Waals surface area contributed by atoms with Gasteiger partial charge in [0.05, 0.1) is 11.4 Å². The highest BCUT2D eigenvalue weighted by Gasteiger charge is 2.09. The van der Waals surface area contributed by atoms with E-state index >= 15 is 0 Å². The van der Waals surface area contributed by atoms with Gasteiger partial charge in [-0.3, -0.25) is 15.0 Å². The fourth-order valence-electron chi connectivity index (χ4n) is 4.39. The molecule has 0 spiro atoms. The third kappa shape index (κ3) is 9.14. The van der Waals surface area contributed by atoms with Gasteiger partial charge in [0.2, 0.25) is 0 Å². The minimum Gasteiger partial charge on any atom is -0.322 e. The highest BCUT2D eigenvalue weighted by Crippen LogP contribution is 2.21. The molecule has 0 aliphatic rings. The summed E-state index contributed by atoms with van der Waals surface area (Å²) in [6.07, 6.45) is 1.96. The van der Waals surface area contributed by atoms with E-state index in [0.29, 0.717) is 45.7 Å². The van der Waals surface area contributed by atoms with Gasteiger partial charge in [0, 0.05) is 22.5 Å². The summed E-state index contributed by atoms with van der Waals surface area (Å²) in [5, 5.41) is 14.1. The van der Waals surface area contributed by atoms with Crippen molar-refractivity contribution in [1.82, 2.24) is 0 Å². The van der Waals surface area contributed by atoms with Crippen LogP contribution < -0.4 is 16.1 Å². The van der Waals surface area contributed by atoms with Crippen molar-refractivity contribution in [2.75, 3.05) is 16.1 Å². The summed E-state index contributed by atoms with van der Waals surface area (Å²) in [6, 6.07) is 29.8. The zero-order valence-electron chi connectivity index (χ0n) is 24.0. The predicted molar refractivity (Wildman–Crippen MR) is 167 cm³/mol. The Labute approximate surface area is 242 Å². The molecule has 0 aromatic heterocycles. The molecule has 0 saturated heterocycles. The summed E-state index contributed by atoms with van der Waals surface area (Å²) in [4.78, 5) is 25.4. The molecule has 0 bridgehead atoms. The number of anilines is 3. The summed E-state index contributed by atoms with van der Waals surface area (Å²) in [5.41, 5.74) is 9.04. The van der Waals surface area contributed by atoms with E-state index in [2.05, 4.69) is 54.1 Å². The second-order valence-corrected chi connectivity index (χ2v) is 10.9. The van der Waals surface area contributed by atoms with Crippen molar-refractivity contribution in [3.8, 4) is 0 Å². The lowest BCUT2D eigenvalue weighted by atomic mass is 10.0. The number of nitrogens with zero attached hydrogens (tertiary/aromatic N) is 2. The van der Waals surface area contributed by atoms with Crippen molar-refractivity contribution in [1.29, 1.82) is 0 Å². The van der Waals surface area contributed by atoms with E-state index in [1.165, 1.54) is 11.1 Å². The Kier molecular flexibility index (Phi) is 9.99. The number of hydrogen-bond acceptors (Lipinski definition) is 4. The summed E-state index contributed by atoms with van der Waals surface area (Å²) < 4.78 is 0. The number of carbonyl (C=O) groups excluding carboxylic acids is 2. The van der Waals surface area contributed by atoms with E-state index in [9.17, 15) is 9.59 Å². The summed E-state index contributed by atoms with van der Waals surface area (Å²) in [5.74, 6) is 0.771. The Morgan fingerprint density at radius 1 is 0.610 bits per heavy atom. The van der Waals surface area contributed by atoms with Gasteiger partial charge in [-0.1, -0.05) is 69.3 Å². The van der Waals surface area contributed by atoms with Crippen LogP contribution in [-0.4, -0.2) is 11.8 Å². The molecular formula is C34H37N5O2. The second kappa shape index (κ2) is 14.0. The fourth-order valence-corrected chi connectivity index (χ4v) is 4.39. The highest BCUT2D eigenvalue weighted by molar-refractivity contribution is 6.05. The van der Waals surface area contributed by atoms with Crippen LogP contribution in [0.1, 0.15) is 59.5 Å². The molecule has 3 N–H and O–H groups in total. The van der Waals surface area contributed by atoms with Gasteiger partial charge >= 0.3 is 0 Å². The number of nitrogens with one attached hydrogen (secondary N) is 3. The molecule has 4 aromatic rings. The van der Waals surface area contributed by atoms with Crippen LogP contribution in [-0.2, 0) is 12.8 Å². The molecule has 0 aliphatic carbocycles. The van der Waals surface area contributed by atoms with E-state index in [0.717, 1.165) is 12.8 Å². The molecule has 0 unspecified atom stereocenters. The maximum Gasteiger partial charge on any atom is 0.255 e. The zero-order chi connectivity index (χ0) is 29.2. The summed E-state index contributed by atoms with van der Waals surface area (Å²) in [7, 11) is 0. The number of amides is 2. The lowest BCUT2D eigenvalue weighted by Gasteiger charge is -2.09. The van der Waals surface area contributed by atoms with E-state index in [-0.39, 0.29) is 11.8 Å². The number of rotatable bonds is 11. The van der Waals surface area contributed by atoms with E-state index < -0.39 is 0 Å². The maximum absolute atomic E-state index is 12.7. The standard InChI is InChI=1S/C34H37N5O2/c1-23(2)19-25-11-15-27(16-12-25)33(40)35-29-7-5-9-31(21-29)37-39-38-32-10-6-8-30(22-32)36-34(41)28-17-13-26(14-18-28)20-24(3)4/h5-18,21-24H,19-20H2,1-4H3,(H,35,40)(H,36,41)(H,37,38). The van der Waals surface area contributed by atoms with Crippen molar-refractivity contribution in [2.24, 2.45) is 22.2 Å². The van der Waals surface area contributed by atoms with Crippen molar-refractivity contribution in [3.05, 3.63) is 119 Å². The number of carbonyl (C=O) groups is 2. The van der Waals surface area contributed by atoms with Crippen LogP contribution in [0.25, 0.3) is 0 Å². The molecule has 7 heteroatoms. The average molecular weight is 548 g/mol. The lowest BCUT2D eigenvalue weighted by Crippen LogP contribution is -2.12. The Morgan fingerprint density at radius 2 is 1.07 bits per heavy atom. The molecule has 7 nitrogen and oxygen atoms in total. The lowest BCUT2D eigenvalue weighted by molar-refractivity contribution is 0.101. The average Bonchev–Trinajstić information content (AvgIpc) is 2.93. The van der Waals surface area contributed by atoms with Gasteiger partial charge in [0.1, 0.15) is 0 Å². The van der Waals surface area contributed by atoms with E-state index in [1.54, 1.807) is 24.3 Å². The zero-order valence-corrected chi connectivity index (χ0v) is 24.0. The normalized spacial score (nSPS) is 11.2. The van der Waals surface area contributed by atoms with Crippen LogP contribution in [0.15, 0.2) is 107 Å². The van der Waals surface area contributed by atoms with Gasteiger partial charge in [-0.25, -0.2) is 0 Å². The molecule has 0 atom stereocenters. The predicted octanol–water partition coefficient (Wildman–Crippen LogP) is 8.70. The molecule has 0 radical (unpaired) electrons. The minimum absolute atomic E-state index is 0.176. The quantitative estimate of drug-likeness (QED) is 0.129. The van der Waals surface area contributed by atoms with Crippen LogP contribution in [0.4, 0.5) is 22.7 Å². The molecule has 4 rings (SSSR count). The van der Waals surface area contributed by atoms with E-state index in [1.807, 2.05) is 72.8 Å². The van der Waals surface area contributed by atoms with Crippen LogP contribution in [0, 0.1) is 11.8 Å². The van der Waals surface area contributed by atoms with E-state index in [4.69, 9.17) is 0 Å². The van der Waals surface area contributed by atoms with Gasteiger partial charge in [0.25, 0.3) is 11.8 Å². The molecule has 0 heterocycles. The second-order valence-electron chi connectivity index (χ2n) is 10.9. The largest absolute Gasteiger partial charge is 0.322 e. The Morgan fingerprint density at radius 3 is 1.59 bits per heavy atom.